The molecule has 20 rings (SSSR count). The van der Waals surface area contributed by atoms with E-state index in [4.69, 9.17) is 0 Å². The van der Waals surface area contributed by atoms with Crippen LogP contribution in [0.2, 0.25) is 0 Å². The molecule has 0 heterocycles. The summed E-state index contributed by atoms with van der Waals surface area (Å²) in [5, 5.41) is 55.6. The van der Waals surface area contributed by atoms with Crippen LogP contribution in [-0.2, 0) is 0 Å². The van der Waals surface area contributed by atoms with Crippen LogP contribution in [0, 0.1) is 12.8 Å². The molecule has 212 valence electrons. The quantitative estimate of drug-likeness (QED) is 0.0926. The van der Waals surface area contributed by atoms with E-state index in [1.807, 2.05) is 0 Å². The van der Waals surface area contributed by atoms with E-state index in [0.717, 1.165) is 11.8 Å². The van der Waals surface area contributed by atoms with Crippen molar-refractivity contribution >= 4 is 221 Å². The van der Waals surface area contributed by atoms with Gasteiger partial charge in [0.2, 0.25) is 0 Å². The van der Waals surface area contributed by atoms with Crippen molar-refractivity contribution in [3.63, 3.8) is 0 Å². The van der Waals surface area contributed by atoms with Crippen molar-refractivity contribution in [1.82, 2.24) is 0 Å². The first-order valence-corrected chi connectivity index (χ1v) is 19.1. The summed E-state index contributed by atoms with van der Waals surface area (Å²) >= 11 is 14.1. The van der Waals surface area contributed by atoms with Crippen molar-refractivity contribution in [3.05, 3.63) is 22.3 Å². The molecule has 1 saturated carbocycles. The Morgan fingerprint density at radius 1 is 0.354 bits per heavy atom. The van der Waals surface area contributed by atoms with Crippen LogP contribution in [0.15, 0.2) is 0 Å². The van der Waals surface area contributed by atoms with Gasteiger partial charge < -0.3 is 0 Å². The van der Waals surface area contributed by atoms with Crippen molar-refractivity contribution in [3.8, 4) is 0 Å². The third-order valence-corrected chi connectivity index (χ3v) is 17.3. The molecule has 3 atom stereocenters. The van der Waals surface area contributed by atoms with Crippen LogP contribution < -0.4 is 0 Å². The standard InChI is InChI=1S/C45H14S3/c1-4-3-6(4)7-5(2)8-9(7)11-10(8)12-13(11)15-14(12)16-17(15)19-18(16)20-21(19)23-22(20)24-25(23)27-26(24)28-29(27)31-30(28)32-33(31)35-34(32)36-37(35)39-38(36)40-41(39)43-42(40)44(43)45(46,47)48/h4,6,44,46-48H,3H2,1-2H3/t4?,6?,44-/m1/s1. The molecule has 0 saturated heterocycles. The molecule has 1 fully saturated rings. The van der Waals surface area contributed by atoms with Gasteiger partial charge in [0.25, 0.3) is 0 Å². The molecule has 0 N–H and O–H groups in total. The number of thiol groups is 3. The number of hydrogen-bond acceptors (Lipinski definition) is 3. The Kier molecular flexibility index (Phi) is 2.06. The zero-order valence-electron chi connectivity index (χ0n) is 25.3. The van der Waals surface area contributed by atoms with Gasteiger partial charge in [-0.15, -0.1) is 0 Å². The van der Waals surface area contributed by atoms with Crippen molar-refractivity contribution in [2.45, 2.75) is 35.5 Å². The first kappa shape index (κ1) is 20.6. The van der Waals surface area contributed by atoms with Crippen molar-refractivity contribution in [1.29, 1.82) is 0 Å². The molecule has 0 bridgehead atoms. The van der Waals surface area contributed by atoms with Crippen molar-refractivity contribution in [2.24, 2.45) is 5.92 Å². The van der Waals surface area contributed by atoms with Crippen LogP contribution in [0.5, 0.6) is 0 Å². The van der Waals surface area contributed by atoms with Crippen LogP contribution in [0.1, 0.15) is 47.4 Å². The largest absolute Gasteiger partial charge is 0.150 e. The summed E-state index contributed by atoms with van der Waals surface area (Å²) in [5.74, 6) is 2.07. The van der Waals surface area contributed by atoms with E-state index in [9.17, 15) is 0 Å². The number of hydrogen-bond donors (Lipinski definition) is 3. The highest BCUT2D eigenvalue weighted by atomic mass is 32.2. The van der Waals surface area contributed by atoms with Gasteiger partial charge in [0.05, 0.1) is 0 Å². The third kappa shape index (κ3) is 1.26. The van der Waals surface area contributed by atoms with Gasteiger partial charge in [0, 0.05) is 16.7 Å². The van der Waals surface area contributed by atoms with E-state index in [-0.39, 0.29) is 0 Å². The highest BCUT2D eigenvalue weighted by Gasteiger charge is 2.55. The Labute approximate surface area is 283 Å². The summed E-state index contributed by atoms with van der Waals surface area (Å²) in [6.45, 7) is 4.83. The Bertz CT molecular complexity index is 4440. The van der Waals surface area contributed by atoms with Crippen LogP contribution in [0.4, 0.5) is 0 Å². The number of aryl methyl sites for hydroxylation is 1. The van der Waals surface area contributed by atoms with E-state index in [1.165, 1.54) is 17.5 Å². The fraction of sp³-hybridized carbons (Fsp3) is 0.156. The maximum atomic E-state index is 4.68. The second kappa shape index (κ2) is 4.81. The fourth-order valence-electron chi connectivity index (χ4n) is 14.5. The molecular formula is C45H14S3. The average molecular weight is 651 g/mol. The van der Waals surface area contributed by atoms with Gasteiger partial charge in [0.1, 0.15) is 3.41 Å². The lowest BCUT2D eigenvalue weighted by atomic mass is 9.58. The molecule has 48 heavy (non-hydrogen) atoms. The molecule has 0 aromatic heterocycles. The third-order valence-electron chi connectivity index (χ3n) is 16.5. The zero-order valence-corrected chi connectivity index (χ0v) is 28.0. The number of rotatable bonds is 2. The summed E-state index contributed by atoms with van der Waals surface area (Å²) in [6.07, 6.45) is 1.40. The topological polar surface area (TPSA) is 0 Å². The van der Waals surface area contributed by atoms with E-state index in [1.54, 1.807) is 194 Å². The van der Waals surface area contributed by atoms with Gasteiger partial charge in [0.15, 0.2) is 0 Å². The van der Waals surface area contributed by atoms with E-state index < -0.39 is 3.41 Å². The predicted octanol–water partition coefficient (Wildman–Crippen LogP) is 13.5. The maximum absolute atomic E-state index is 4.68. The van der Waals surface area contributed by atoms with Crippen LogP contribution in [0.3, 0.4) is 0 Å². The number of fused-ring (bicyclic) bond motifs is 52. The maximum Gasteiger partial charge on any atom is 0.109 e. The Hall–Kier alpha value is -3.89. The van der Waals surface area contributed by atoms with E-state index in [0.29, 0.717) is 5.92 Å². The molecule has 18 aromatic rings. The summed E-state index contributed by atoms with van der Waals surface area (Å²) in [4.78, 5) is 0. The van der Waals surface area contributed by atoms with Crippen LogP contribution in [-0.4, -0.2) is 3.41 Å². The minimum Gasteiger partial charge on any atom is -0.150 e. The average Bonchev–Trinajstić information content (AvgIpc) is 3.87. The highest BCUT2D eigenvalue weighted by molar-refractivity contribution is 8.17. The number of benzene rings is 17. The Morgan fingerprint density at radius 2 is 0.562 bits per heavy atom. The second-order valence-electron chi connectivity index (χ2n) is 17.6. The summed E-state index contributed by atoms with van der Waals surface area (Å²) in [7, 11) is 0. The fourth-order valence-corrected chi connectivity index (χ4v) is 15.3. The SMILES string of the molecule is Cc1c(C2CC2C)c2c1c1c2c2c1c1c2c2c1c1c2c2c1c1c2c2c3c4c5c6c7c8c9c%10c%11c(c%10c9c8c7c6c5c4c3c12)[C@H]%11C(S)(S)S. The first-order chi connectivity index (χ1) is 23.4. The normalized spacial score (nSPS) is 22.8. The monoisotopic (exact) mass is 650 g/mol. The summed E-state index contributed by atoms with van der Waals surface area (Å²) in [5.41, 5.74) is 6.38. The molecule has 3 heteroatoms. The van der Waals surface area contributed by atoms with Crippen molar-refractivity contribution < 1.29 is 0 Å². The molecule has 0 aliphatic heterocycles. The molecule has 0 nitrogen and oxygen atoms in total. The molecule has 0 spiro atoms. The molecule has 2 aliphatic carbocycles. The molecular weight excluding hydrogens is 637 g/mol. The molecule has 0 amide bonds. The van der Waals surface area contributed by atoms with Crippen LogP contribution >= 0.6 is 37.9 Å². The van der Waals surface area contributed by atoms with Gasteiger partial charge >= 0.3 is 0 Å². The Morgan fingerprint density at radius 3 is 0.792 bits per heavy atom. The van der Waals surface area contributed by atoms with Gasteiger partial charge in [-0.25, -0.2) is 0 Å². The van der Waals surface area contributed by atoms with Crippen molar-refractivity contribution in [2.75, 3.05) is 0 Å². The van der Waals surface area contributed by atoms with E-state index >= 15 is 0 Å². The van der Waals surface area contributed by atoms with Gasteiger partial charge in [-0.1, -0.05) is 6.92 Å². The minimum absolute atomic E-state index is 0.324. The van der Waals surface area contributed by atoms with Crippen LogP contribution in [0.25, 0.3) is 183 Å². The zero-order chi connectivity index (χ0) is 29.9. The lowest BCUT2D eigenvalue weighted by molar-refractivity contribution is 0.913. The minimum atomic E-state index is -0.544. The highest BCUT2D eigenvalue weighted by Crippen LogP contribution is 2.78. The second-order valence-corrected chi connectivity index (χ2v) is 20.7. The summed E-state index contributed by atoms with van der Waals surface area (Å²) < 4.78 is -0.544. The van der Waals surface area contributed by atoms with Gasteiger partial charge in [-0.3, -0.25) is 0 Å². The summed E-state index contributed by atoms with van der Waals surface area (Å²) in [6, 6.07) is 0. The first-order valence-electron chi connectivity index (χ1n) is 17.8. The Balaban J connectivity index is 0.807. The smallest absolute Gasteiger partial charge is 0.109 e. The molecule has 0 radical (unpaired) electrons. The molecule has 2 aliphatic rings. The lowest BCUT2D eigenvalue weighted by Crippen LogP contribution is -2.14. The van der Waals surface area contributed by atoms with E-state index in [2.05, 4.69) is 51.7 Å². The van der Waals surface area contributed by atoms with Gasteiger partial charge in [-0.05, 0) is 220 Å². The van der Waals surface area contributed by atoms with Gasteiger partial charge in [-0.2, -0.15) is 37.9 Å². The molecule has 2 unspecified atom stereocenters. The lowest BCUT2D eigenvalue weighted by Gasteiger charge is -2.43. The molecule has 18 aromatic carbocycles. The predicted molar refractivity (Wildman–Crippen MR) is 218 cm³/mol.